The number of carbonyl (C=O) groups excluding carboxylic acids is 1. The average Bonchev–Trinajstić information content (AvgIpc) is 2.83. The predicted octanol–water partition coefficient (Wildman–Crippen LogP) is 3.49. The minimum Gasteiger partial charge on any atom is -0.466 e. The highest BCUT2D eigenvalue weighted by atomic mass is 32.2. The highest BCUT2D eigenvalue weighted by Gasteiger charge is 2.29. The van der Waals surface area contributed by atoms with E-state index in [2.05, 4.69) is 5.16 Å². The lowest BCUT2D eigenvalue weighted by molar-refractivity contribution is -0.134. The number of hydrogen-bond donors (Lipinski definition) is 0. The molecule has 0 unspecified atom stereocenters. The Kier molecular flexibility index (Phi) is 5.07. The molecule has 1 aromatic rings. The van der Waals surface area contributed by atoms with Crippen LogP contribution in [0.2, 0.25) is 0 Å². The highest BCUT2D eigenvalue weighted by molar-refractivity contribution is 8.14. The van der Waals surface area contributed by atoms with Gasteiger partial charge in [-0.1, -0.05) is 35.5 Å². The van der Waals surface area contributed by atoms with Crippen molar-refractivity contribution in [1.82, 2.24) is 0 Å². The molecule has 0 N–H and O–H groups in total. The Hall–Kier alpha value is -1.75. The van der Waals surface area contributed by atoms with Gasteiger partial charge in [0.15, 0.2) is 0 Å². The van der Waals surface area contributed by atoms with Gasteiger partial charge < -0.3 is 9.57 Å². The van der Waals surface area contributed by atoms with E-state index in [9.17, 15) is 4.79 Å². The third kappa shape index (κ3) is 4.63. The molecule has 0 spiro atoms. The third-order valence-corrected chi connectivity index (χ3v) is 4.01. The molecule has 1 aliphatic heterocycles. The van der Waals surface area contributed by atoms with Crippen molar-refractivity contribution in [3.05, 3.63) is 42.0 Å². The monoisotopic (exact) mass is 305 g/mol. The number of esters is 1. The first-order chi connectivity index (χ1) is 10.00. The minimum atomic E-state index is -0.348. The van der Waals surface area contributed by atoms with E-state index in [-0.39, 0.29) is 11.6 Å². The van der Waals surface area contributed by atoms with Gasteiger partial charge in [-0.25, -0.2) is 4.79 Å². The normalized spacial score (nSPS) is 17.1. The standard InChI is InChI=1S/C16H19NO3S/c1-16(2)10-14(17-20-16)21-11-13(9-15(18)19-3)12-7-5-4-6-8-12/h4-9H,10-11H2,1-3H3/b13-9+. The van der Waals surface area contributed by atoms with Crippen molar-refractivity contribution in [3.63, 3.8) is 0 Å². The molecular formula is C16H19NO3S. The van der Waals surface area contributed by atoms with Crippen LogP contribution >= 0.6 is 11.8 Å². The van der Waals surface area contributed by atoms with Crippen molar-refractivity contribution < 1.29 is 14.4 Å². The Balaban J connectivity index is 2.08. The molecule has 0 aliphatic carbocycles. The number of nitrogens with zero attached hydrogens (tertiary/aromatic N) is 1. The molecule has 5 heteroatoms. The van der Waals surface area contributed by atoms with Crippen molar-refractivity contribution in [2.45, 2.75) is 25.9 Å². The fourth-order valence-corrected chi connectivity index (χ4v) is 3.02. The zero-order valence-electron chi connectivity index (χ0n) is 12.5. The van der Waals surface area contributed by atoms with Crippen LogP contribution < -0.4 is 0 Å². The van der Waals surface area contributed by atoms with Crippen LogP contribution in [0.25, 0.3) is 5.57 Å². The fraction of sp³-hybridized carbons (Fsp3) is 0.375. The lowest BCUT2D eigenvalue weighted by Gasteiger charge is -2.13. The summed E-state index contributed by atoms with van der Waals surface area (Å²) >= 11 is 1.59. The van der Waals surface area contributed by atoms with E-state index < -0.39 is 0 Å². The van der Waals surface area contributed by atoms with Gasteiger partial charge in [-0.2, -0.15) is 0 Å². The number of methoxy groups -OCH3 is 1. The van der Waals surface area contributed by atoms with E-state index >= 15 is 0 Å². The van der Waals surface area contributed by atoms with E-state index in [0.29, 0.717) is 5.75 Å². The van der Waals surface area contributed by atoms with Gasteiger partial charge in [0.2, 0.25) is 0 Å². The summed E-state index contributed by atoms with van der Waals surface area (Å²) in [7, 11) is 1.38. The minimum absolute atomic E-state index is 0.235. The van der Waals surface area contributed by atoms with Crippen molar-refractivity contribution in [2.24, 2.45) is 5.16 Å². The first kappa shape index (κ1) is 15.6. The third-order valence-electron chi connectivity index (χ3n) is 3.00. The molecule has 1 aliphatic rings. The first-order valence-corrected chi connectivity index (χ1v) is 7.70. The van der Waals surface area contributed by atoms with E-state index in [1.807, 2.05) is 44.2 Å². The summed E-state index contributed by atoms with van der Waals surface area (Å²) in [6, 6.07) is 9.80. The highest BCUT2D eigenvalue weighted by Crippen LogP contribution is 2.30. The maximum Gasteiger partial charge on any atom is 0.330 e. The number of ether oxygens (including phenoxy) is 1. The summed E-state index contributed by atoms with van der Waals surface area (Å²) in [5, 5.41) is 5.04. The average molecular weight is 305 g/mol. The molecule has 1 aromatic carbocycles. The second kappa shape index (κ2) is 6.80. The van der Waals surface area contributed by atoms with Crippen molar-refractivity contribution >= 4 is 28.3 Å². The summed E-state index contributed by atoms with van der Waals surface area (Å²) in [5.41, 5.74) is 1.69. The van der Waals surface area contributed by atoms with E-state index in [4.69, 9.17) is 9.57 Å². The Morgan fingerprint density at radius 2 is 2.14 bits per heavy atom. The number of thioether (sulfide) groups is 1. The van der Waals surface area contributed by atoms with Crippen LogP contribution in [-0.4, -0.2) is 29.5 Å². The van der Waals surface area contributed by atoms with Crippen LogP contribution in [0.15, 0.2) is 41.6 Å². The molecule has 0 radical (unpaired) electrons. The zero-order chi connectivity index (χ0) is 15.3. The molecule has 4 nitrogen and oxygen atoms in total. The van der Waals surface area contributed by atoms with Gasteiger partial charge in [0.25, 0.3) is 0 Å². The molecule has 21 heavy (non-hydrogen) atoms. The Morgan fingerprint density at radius 1 is 1.43 bits per heavy atom. The number of hydrogen-bond acceptors (Lipinski definition) is 5. The molecule has 1 heterocycles. The summed E-state index contributed by atoms with van der Waals surface area (Å²) in [4.78, 5) is 16.9. The van der Waals surface area contributed by atoms with Crippen LogP contribution in [0.1, 0.15) is 25.8 Å². The van der Waals surface area contributed by atoms with Crippen LogP contribution in [0.3, 0.4) is 0 Å². The molecule has 0 saturated heterocycles. The van der Waals surface area contributed by atoms with Crippen LogP contribution in [0.4, 0.5) is 0 Å². The maximum absolute atomic E-state index is 11.5. The topological polar surface area (TPSA) is 47.9 Å². The Bertz CT molecular complexity index is 564. The number of rotatable bonds is 4. The number of benzene rings is 1. The van der Waals surface area contributed by atoms with Crippen molar-refractivity contribution in [2.75, 3.05) is 12.9 Å². The SMILES string of the molecule is COC(=O)/C=C(\CSC1=NOC(C)(C)C1)c1ccccc1. The molecule has 0 aromatic heterocycles. The Morgan fingerprint density at radius 3 is 2.71 bits per heavy atom. The van der Waals surface area contributed by atoms with Gasteiger partial charge in [-0.3, -0.25) is 0 Å². The molecule has 0 amide bonds. The largest absolute Gasteiger partial charge is 0.466 e. The van der Waals surface area contributed by atoms with Crippen molar-refractivity contribution in [1.29, 1.82) is 0 Å². The first-order valence-electron chi connectivity index (χ1n) is 6.72. The second-order valence-corrected chi connectivity index (χ2v) is 6.41. The lowest BCUT2D eigenvalue weighted by atomic mass is 10.1. The summed E-state index contributed by atoms with van der Waals surface area (Å²) in [5.74, 6) is 0.302. The molecule has 0 fully saturated rings. The molecular weight excluding hydrogens is 286 g/mol. The number of carbonyl (C=O) groups is 1. The number of oxime groups is 1. The van der Waals surface area contributed by atoms with Crippen molar-refractivity contribution in [3.8, 4) is 0 Å². The molecule has 0 atom stereocenters. The van der Waals surface area contributed by atoms with E-state index in [1.54, 1.807) is 11.8 Å². The molecule has 2 rings (SSSR count). The summed E-state index contributed by atoms with van der Waals surface area (Å²) in [6.45, 7) is 4.01. The molecule has 0 saturated carbocycles. The van der Waals surface area contributed by atoms with Gasteiger partial charge >= 0.3 is 5.97 Å². The van der Waals surface area contributed by atoms with Gasteiger partial charge in [-0.15, -0.1) is 11.8 Å². The predicted molar refractivity (Wildman–Crippen MR) is 86.1 cm³/mol. The smallest absolute Gasteiger partial charge is 0.330 e. The fourth-order valence-electron chi connectivity index (χ4n) is 1.90. The van der Waals surface area contributed by atoms with E-state index in [1.165, 1.54) is 13.2 Å². The second-order valence-electron chi connectivity index (χ2n) is 5.36. The quantitative estimate of drug-likeness (QED) is 0.631. The van der Waals surface area contributed by atoms with Gasteiger partial charge in [0, 0.05) is 18.2 Å². The van der Waals surface area contributed by atoms with Gasteiger partial charge in [0.1, 0.15) is 10.6 Å². The van der Waals surface area contributed by atoms with E-state index in [0.717, 1.165) is 22.6 Å². The zero-order valence-corrected chi connectivity index (χ0v) is 13.3. The van der Waals surface area contributed by atoms with Gasteiger partial charge in [-0.05, 0) is 25.0 Å². The lowest BCUT2D eigenvalue weighted by Crippen LogP contribution is -2.18. The summed E-state index contributed by atoms with van der Waals surface area (Å²) in [6.07, 6.45) is 2.32. The van der Waals surface area contributed by atoms with Crippen LogP contribution in [0, 0.1) is 0 Å². The molecule has 112 valence electrons. The van der Waals surface area contributed by atoms with Crippen LogP contribution in [-0.2, 0) is 14.4 Å². The maximum atomic E-state index is 11.5. The Labute approximate surface area is 129 Å². The van der Waals surface area contributed by atoms with Gasteiger partial charge in [0.05, 0.1) is 7.11 Å². The molecule has 0 bridgehead atoms. The van der Waals surface area contributed by atoms with Crippen LogP contribution in [0.5, 0.6) is 0 Å². The summed E-state index contributed by atoms with van der Waals surface area (Å²) < 4.78 is 4.73.